The minimum absolute atomic E-state index is 0.0303. The van der Waals surface area contributed by atoms with Crippen LogP contribution in [0, 0.1) is 0 Å². The van der Waals surface area contributed by atoms with Crippen LogP contribution in [0.2, 0.25) is 0 Å². The Labute approximate surface area is 266 Å². The molecule has 0 rings (SSSR count). The van der Waals surface area contributed by atoms with Gasteiger partial charge < -0.3 is 4.74 Å². The fourth-order valence-electron chi connectivity index (χ4n) is 6.26. The second-order valence-corrected chi connectivity index (χ2v) is 13.6. The summed E-state index contributed by atoms with van der Waals surface area (Å²) in [6.45, 7) is 5.22. The second kappa shape index (κ2) is 38.5. The summed E-state index contributed by atoms with van der Waals surface area (Å²) < 4.78 is 5.46. The van der Waals surface area contributed by atoms with E-state index in [1.807, 2.05) is 0 Å². The van der Waals surface area contributed by atoms with Crippen molar-refractivity contribution in [1.82, 2.24) is 0 Å². The van der Waals surface area contributed by atoms with Gasteiger partial charge in [-0.05, 0) is 12.8 Å². The molecule has 42 heavy (non-hydrogen) atoms. The van der Waals surface area contributed by atoms with E-state index in [9.17, 15) is 4.79 Å². The maximum Gasteiger partial charge on any atom is 0.305 e. The Morgan fingerprint density at radius 2 is 0.524 bits per heavy atom. The monoisotopic (exact) mass is 593 g/mol. The SMILES string of the molecule is CCCCCCCCCCCCCCCCCCCCCOC(=O)CCCCCCCCCCCCCCCCCC. The van der Waals surface area contributed by atoms with Gasteiger partial charge in [-0.2, -0.15) is 0 Å². The minimum atomic E-state index is 0.0303. The topological polar surface area (TPSA) is 26.3 Å². The summed E-state index contributed by atoms with van der Waals surface area (Å²) in [4.78, 5) is 12.0. The maximum atomic E-state index is 12.0. The van der Waals surface area contributed by atoms with Crippen LogP contribution in [0.25, 0.3) is 0 Å². The predicted octanol–water partition coefficient (Wildman–Crippen LogP) is 14.6. The molecule has 0 N–H and O–H groups in total. The molecule has 0 aliphatic heterocycles. The lowest BCUT2D eigenvalue weighted by Gasteiger charge is -2.06. The first-order valence-corrected chi connectivity index (χ1v) is 20.0. The lowest BCUT2D eigenvalue weighted by molar-refractivity contribution is -0.143. The van der Waals surface area contributed by atoms with Crippen molar-refractivity contribution in [3.05, 3.63) is 0 Å². The highest BCUT2D eigenvalue weighted by atomic mass is 16.5. The Bertz CT molecular complexity index is 488. The van der Waals surface area contributed by atoms with Crippen LogP contribution in [0.1, 0.15) is 245 Å². The maximum absolute atomic E-state index is 12.0. The van der Waals surface area contributed by atoms with Crippen molar-refractivity contribution in [2.75, 3.05) is 6.61 Å². The Morgan fingerprint density at radius 3 is 0.786 bits per heavy atom. The third-order valence-corrected chi connectivity index (χ3v) is 9.25. The number of carbonyl (C=O) groups excluding carboxylic acids is 1. The molecule has 0 radical (unpaired) electrons. The van der Waals surface area contributed by atoms with E-state index in [0.29, 0.717) is 13.0 Å². The van der Waals surface area contributed by atoms with E-state index in [-0.39, 0.29) is 5.97 Å². The van der Waals surface area contributed by atoms with E-state index in [4.69, 9.17) is 4.74 Å². The number of rotatable bonds is 37. The first kappa shape index (κ1) is 41.5. The largest absolute Gasteiger partial charge is 0.466 e. The van der Waals surface area contributed by atoms with E-state index < -0.39 is 0 Å². The summed E-state index contributed by atoms with van der Waals surface area (Å²) in [6.07, 6.45) is 49.0. The van der Waals surface area contributed by atoms with Gasteiger partial charge in [0.15, 0.2) is 0 Å². The smallest absolute Gasteiger partial charge is 0.305 e. The van der Waals surface area contributed by atoms with E-state index in [0.717, 1.165) is 12.8 Å². The number of hydrogen-bond donors (Lipinski definition) is 0. The van der Waals surface area contributed by atoms with Gasteiger partial charge in [-0.25, -0.2) is 0 Å². The summed E-state index contributed by atoms with van der Waals surface area (Å²) in [6, 6.07) is 0. The van der Waals surface area contributed by atoms with E-state index in [2.05, 4.69) is 13.8 Å². The summed E-state index contributed by atoms with van der Waals surface area (Å²) >= 11 is 0. The molecule has 0 spiro atoms. The molecule has 0 aromatic carbocycles. The Balaban J connectivity index is 3.14. The molecule has 0 atom stereocenters. The molecule has 0 heterocycles. The highest BCUT2D eigenvalue weighted by Gasteiger charge is 2.03. The number of unbranched alkanes of at least 4 members (excludes halogenated alkanes) is 33. The molecule has 0 bridgehead atoms. The molecule has 0 saturated heterocycles. The third-order valence-electron chi connectivity index (χ3n) is 9.25. The standard InChI is InChI=1S/C40H80O2/c1-3-5-7-9-11-13-15-17-19-21-22-23-25-27-29-31-33-35-37-39-42-40(41)38-36-34-32-30-28-26-24-20-18-16-14-12-10-8-6-4-2/h3-39H2,1-2H3. The summed E-state index contributed by atoms with van der Waals surface area (Å²) in [5, 5.41) is 0. The third kappa shape index (κ3) is 37.5. The Morgan fingerprint density at radius 1 is 0.310 bits per heavy atom. The predicted molar refractivity (Wildman–Crippen MR) is 189 cm³/mol. The zero-order valence-electron chi connectivity index (χ0n) is 29.5. The van der Waals surface area contributed by atoms with Crippen molar-refractivity contribution in [3.8, 4) is 0 Å². The average Bonchev–Trinajstić information content (AvgIpc) is 3.00. The van der Waals surface area contributed by atoms with Crippen LogP contribution in [0.5, 0.6) is 0 Å². The van der Waals surface area contributed by atoms with Crippen LogP contribution in [-0.4, -0.2) is 12.6 Å². The van der Waals surface area contributed by atoms with Crippen LogP contribution in [0.4, 0.5) is 0 Å². The average molecular weight is 593 g/mol. The van der Waals surface area contributed by atoms with E-state index in [1.165, 1.54) is 212 Å². The molecule has 0 aromatic heterocycles. The molecule has 0 aliphatic carbocycles. The molecule has 0 saturated carbocycles. The first-order chi connectivity index (χ1) is 20.8. The van der Waals surface area contributed by atoms with Crippen LogP contribution < -0.4 is 0 Å². The lowest BCUT2D eigenvalue weighted by atomic mass is 10.0. The van der Waals surface area contributed by atoms with Crippen molar-refractivity contribution < 1.29 is 9.53 Å². The van der Waals surface area contributed by atoms with Gasteiger partial charge in [-0.15, -0.1) is 0 Å². The first-order valence-electron chi connectivity index (χ1n) is 20.0. The minimum Gasteiger partial charge on any atom is -0.466 e. The van der Waals surface area contributed by atoms with Gasteiger partial charge in [0.05, 0.1) is 6.61 Å². The van der Waals surface area contributed by atoms with Gasteiger partial charge in [0.2, 0.25) is 0 Å². The summed E-state index contributed by atoms with van der Waals surface area (Å²) in [7, 11) is 0. The van der Waals surface area contributed by atoms with Crippen molar-refractivity contribution in [2.45, 2.75) is 245 Å². The molecule has 0 amide bonds. The van der Waals surface area contributed by atoms with Crippen molar-refractivity contribution in [2.24, 2.45) is 0 Å². The lowest BCUT2D eigenvalue weighted by Crippen LogP contribution is -2.05. The molecule has 252 valence electrons. The molecule has 2 heteroatoms. The van der Waals surface area contributed by atoms with Crippen molar-refractivity contribution >= 4 is 5.97 Å². The van der Waals surface area contributed by atoms with Crippen molar-refractivity contribution in [1.29, 1.82) is 0 Å². The van der Waals surface area contributed by atoms with Crippen LogP contribution in [0.3, 0.4) is 0 Å². The zero-order chi connectivity index (χ0) is 30.4. The second-order valence-electron chi connectivity index (χ2n) is 13.6. The Kier molecular flexibility index (Phi) is 38.0. The summed E-state index contributed by atoms with van der Waals surface area (Å²) in [5.41, 5.74) is 0. The van der Waals surface area contributed by atoms with Gasteiger partial charge in [0, 0.05) is 6.42 Å². The molecule has 2 nitrogen and oxygen atoms in total. The van der Waals surface area contributed by atoms with Crippen molar-refractivity contribution in [3.63, 3.8) is 0 Å². The fourth-order valence-corrected chi connectivity index (χ4v) is 6.26. The quantitative estimate of drug-likeness (QED) is 0.0529. The fraction of sp³-hybridized carbons (Fsp3) is 0.975. The van der Waals surface area contributed by atoms with Gasteiger partial charge in [-0.3, -0.25) is 4.79 Å². The van der Waals surface area contributed by atoms with Gasteiger partial charge in [-0.1, -0.05) is 226 Å². The highest BCUT2D eigenvalue weighted by Crippen LogP contribution is 2.16. The molecule has 0 fully saturated rings. The van der Waals surface area contributed by atoms with Gasteiger partial charge in [0.1, 0.15) is 0 Å². The molecule has 0 aliphatic rings. The highest BCUT2D eigenvalue weighted by molar-refractivity contribution is 5.69. The number of carbonyl (C=O) groups is 1. The molecular weight excluding hydrogens is 512 g/mol. The van der Waals surface area contributed by atoms with Crippen LogP contribution >= 0.6 is 0 Å². The molecule has 0 aromatic rings. The van der Waals surface area contributed by atoms with E-state index in [1.54, 1.807) is 0 Å². The normalized spacial score (nSPS) is 11.4. The van der Waals surface area contributed by atoms with Gasteiger partial charge in [0.25, 0.3) is 0 Å². The summed E-state index contributed by atoms with van der Waals surface area (Å²) in [5.74, 6) is 0.0303. The molecule has 0 unspecified atom stereocenters. The number of hydrogen-bond acceptors (Lipinski definition) is 2. The van der Waals surface area contributed by atoms with Gasteiger partial charge >= 0.3 is 5.97 Å². The molecular formula is C40H80O2. The zero-order valence-corrected chi connectivity index (χ0v) is 29.5. The number of esters is 1. The van der Waals surface area contributed by atoms with Crippen LogP contribution in [-0.2, 0) is 9.53 Å². The van der Waals surface area contributed by atoms with Crippen LogP contribution in [0.15, 0.2) is 0 Å². The number of ether oxygens (including phenoxy) is 1. The Hall–Kier alpha value is -0.530. The van der Waals surface area contributed by atoms with E-state index >= 15 is 0 Å².